The fraction of sp³-hybridized carbons (Fsp3) is 0.400. The molecule has 1 atom stereocenters. The Hall–Kier alpha value is -2.38. The molecule has 1 aromatic carbocycles. The number of likely N-dealkylation sites (N-methyl/N-ethyl adjacent to an activating group) is 1. The van der Waals surface area contributed by atoms with E-state index in [0.29, 0.717) is 30.3 Å². The Morgan fingerprint density at radius 2 is 1.89 bits per heavy atom. The van der Waals surface area contributed by atoms with Crippen LogP contribution >= 0.6 is 11.3 Å². The molecule has 0 fully saturated rings. The summed E-state index contributed by atoms with van der Waals surface area (Å²) in [7, 11) is 3.60. The highest BCUT2D eigenvalue weighted by Crippen LogP contribution is 2.29. The molecule has 1 amide bonds. The molecule has 2 aromatic rings. The van der Waals surface area contributed by atoms with Gasteiger partial charge in [-0.25, -0.2) is 4.79 Å². The van der Waals surface area contributed by atoms with Gasteiger partial charge in [0.25, 0.3) is 5.91 Å². The molecule has 1 heterocycles. The highest BCUT2D eigenvalue weighted by molar-refractivity contribution is 7.16. The molecule has 2 N–H and O–H groups in total. The number of amides is 1. The zero-order valence-corrected chi connectivity index (χ0v) is 17.1. The predicted octanol–water partition coefficient (Wildman–Crippen LogP) is 2.15. The zero-order chi connectivity index (χ0) is 19.8. The standard InChI is InChI=1S/C20H26N2O4S/c1-5-16-11-17(20(24)26-6-2)19(27-16)21-18(23)13-22(3)12-14-7-9-15(25-4)10-8-14/h7-11H,5-6,12-13H2,1-4H3,(H,21,23)/p+1. The van der Waals surface area contributed by atoms with E-state index >= 15 is 0 Å². The van der Waals surface area contributed by atoms with Crippen LogP contribution in [-0.2, 0) is 22.5 Å². The van der Waals surface area contributed by atoms with Crippen molar-refractivity contribution in [2.45, 2.75) is 26.8 Å². The maximum Gasteiger partial charge on any atom is 0.341 e. The number of methoxy groups -OCH3 is 1. The number of hydrogen-bond acceptors (Lipinski definition) is 5. The second-order valence-electron chi connectivity index (χ2n) is 6.24. The second kappa shape index (κ2) is 10.1. The van der Waals surface area contributed by atoms with Crippen LogP contribution in [0.1, 0.15) is 34.6 Å². The van der Waals surface area contributed by atoms with Gasteiger partial charge in [-0.3, -0.25) is 4.79 Å². The molecule has 2 rings (SSSR count). The number of anilines is 1. The summed E-state index contributed by atoms with van der Waals surface area (Å²) in [5.41, 5.74) is 1.55. The van der Waals surface area contributed by atoms with Crippen molar-refractivity contribution < 1.29 is 24.0 Å². The lowest BCUT2D eigenvalue weighted by molar-refractivity contribution is -0.885. The number of aryl methyl sites for hydroxylation is 1. The number of rotatable bonds is 9. The Kier molecular flexibility index (Phi) is 7.82. The Morgan fingerprint density at radius 3 is 2.48 bits per heavy atom. The van der Waals surface area contributed by atoms with Crippen LogP contribution in [0.5, 0.6) is 5.75 Å². The number of carbonyl (C=O) groups excluding carboxylic acids is 2. The first-order valence-electron chi connectivity index (χ1n) is 9.00. The minimum Gasteiger partial charge on any atom is -0.497 e. The van der Waals surface area contributed by atoms with Crippen LogP contribution in [0.25, 0.3) is 0 Å². The zero-order valence-electron chi connectivity index (χ0n) is 16.3. The predicted molar refractivity (Wildman–Crippen MR) is 107 cm³/mol. The third-order valence-corrected chi connectivity index (χ3v) is 5.20. The van der Waals surface area contributed by atoms with Gasteiger partial charge in [-0.1, -0.05) is 6.92 Å². The van der Waals surface area contributed by atoms with Crippen LogP contribution in [-0.4, -0.2) is 39.2 Å². The van der Waals surface area contributed by atoms with Crippen LogP contribution in [0.4, 0.5) is 5.00 Å². The highest BCUT2D eigenvalue weighted by atomic mass is 32.1. The molecular formula is C20H27N2O4S+. The molecule has 1 aromatic heterocycles. The van der Waals surface area contributed by atoms with Gasteiger partial charge in [-0.05, 0) is 43.7 Å². The van der Waals surface area contributed by atoms with Gasteiger partial charge in [0, 0.05) is 10.4 Å². The summed E-state index contributed by atoms with van der Waals surface area (Å²) < 4.78 is 10.2. The third kappa shape index (κ3) is 6.08. The van der Waals surface area contributed by atoms with Crippen molar-refractivity contribution in [1.82, 2.24) is 0 Å². The maximum atomic E-state index is 12.4. The largest absolute Gasteiger partial charge is 0.497 e. The van der Waals surface area contributed by atoms with E-state index in [2.05, 4.69) is 5.32 Å². The number of esters is 1. The minimum absolute atomic E-state index is 0.129. The van der Waals surface area contributed by atoms with Crippen LogP contribution in [0.15, 0.2) is 30.3 Å². The smallest absolute Gasteiger partial charge is 0.341 e. The Bertz CT molecular complexity index is 771. The van der Waals surface area contributed by atoms with Crippen molar-refractivity contribution in [2.75, 3.05) is 32.6 Å². The van der Waals surface area contributed by atoms with Crippen LogP contribution < -0.4 is 15.0 Å². The lowest BCUT2D eigenvalue weighted by Gasteiger charge is -2.14. The van der Waals surface area contributed by atoms with E-state index in [9.17, 15) is 9.59 Å². The number of carbonyl (C=O) groups is 2. The van der Waals surface area contributed by atoms with Gasteiger partial charge in [0.05, 0.1) is 26.3 Å². The van der Waals surface area contributed by atoms with Crippen LogP contribution in [0.3, 0.4) is 0 Å². The molecule has 1 unspecified atom stereocenters. The summed E-state index contributed by atoms with van der Waals surface area (Å²) in [6.07, 6.45) is 0.801. The molecule has 0 radical (unpaired) electrons. The number of quaternary nitrogens is 1. The topological polar surface area (TPSA) is 69.1 Å². The van der Waals surface area contributed by atoms with Crippen molar-refractivity contribution in [3.05, 3.63) is 46.3 Å². The first kappa shape index (κ1) is 20.9. The van der Waals surface area contributed by atoms with Gasteiger partial charge in [0.15, 0.2) is 6.54 Å². The number of ether oxygens (including phenoxy) is 2. The van der Waals surface area contributed by atoms with E-state index in [4.69, 9.17) is 9.47 Å². The SMILES string of the molecule is CCOC(=O)c1cc(CC)sc1NC(=O)C[NH+](C)Cc1ccc(OC)cc1. The Morgan fingerprint density at radius 1 is 1.19 bits per heavy atom. The van der Waals surface area contributed by atoms with Crippen molar-refractivity contribution in [3.63, 3.8) is 0 Å². The quantitative estimate of drug-likeness (QED) is 0.643. The maximum absolute atomic E-state index is 12.4. The summed E-state index contributed by atoms with van der Waals surface area (Å²) in [6.45, 7) is 5.10. The number of thiophene rings is 1. The summed E-state index contributed by atoms with van der Waals surface area (Å²) in [5, 5.41) is 3.44. The minimum atomic E-state index is -0.400. The van der Waals surface area contributed by atoms with Gasteiger partial charge < -0.3 is 19.7 Å². The van der Waals surface area contributed by atoms with Crippen molar-refractivity contribution >= 4 is 28.2 Å². The average molecular weight is 392 g/mol. The number of hydrogen-bond donors (Lipinski definition) is 2. The first-order chi connectivity index (χ1) is 13.0. The summed E-state index contributed by atoms with van der Waals surface area (Å²) >= 11 is 1.42. The second-order valence-corrected chi connectivity index (χ2v) is 7.37. The van der Waals surface area contributed by atoms with Gasteiger partial charge in [-0.15, -0.1) is 11.3 Å². The third-order valence-electron chi connectivity index (χ3n) is 4.01. The molecule has 27 heavy (non-hydrogen) atoms. The van der Waals surface area contributed by atoms with E-state index in [1.54, 1.807) is 20.1 Å². The van der Waals surface area contributed by atoms with E-state index in [0.717, 1.165) is 27.5 Å². The molecular weight excluding hydrogens is 364 g/mol. The van der Waals surface area contributed by atoms with Crippen molar-refractivity contribution in [1.29, 1.82) is 0 Å². The molecule has 0 aliphatic carbocycles. The lowest BCUT2D eigenvalue weighted by atomic mass is 10.2. The van der Waals surface area contributed by atoms with E-state index in [-0.39, 0.29) is 5.91 Å². The lowest BCUT2D eigenvalue weighted by Crippen LogP contribution is -3.08. The van der Waals surface area contributed by atoms with Crippen LogP contribution in [0.2, 0.25) is 0 Å². The number of nitrogens with one attached hydrogen (secondary N) is 2. The fourth-order valence-electron chi connectivity index (χ4n) is 2.67. The monoisotopic (exact) mass is 391 g/mol. The van der Waals surface area contributed by atoms with E-state index in [1.807, 2.05) is 38.2 Å². The highest BCUT2D eigenvalue weighted by Gasteiger charge is 2.20. The normalized spacial score (nSPS) is 11.7. The Balaban J connectivity index is 1.97. The summed E-state index contributed by atoms with van der Waals surface area (Å²) in [4.78, 5) is 26.6. The van der Waals surface area contributed by atoms with Gasteiger partial charge >= 0.3 is 5.97 Å². The molecule has 6 nitrogen and oxygen atoms in total. The van der Waals surface area contributed by atoms with Gasteiger partial charge in [-0.2, -0.15) is 0 Å². The summed E-state index contributed by atoms with van der Waals surface area (Å²) in [5.74, 6) is 0.281. The van der Waals surface area contributed by atoms with Gasteiger partial charge in [0.2, 0.25) is 0 Å². The van der Waals surface area contributed by atoms with E-state index < -0.39 is 5.97 Å². The number of benzene rings is 1. The molecule has 146 valence electrons. The van der Waals surface area contributed by atoms with Crippen molar-refractivity contribution in [2.24, 2.45) is 0 Å². The fourth-order valence-corrected chi connectivity index (χ4v) is 3.67. The molecule has 0 aliphatic rings. The Labute approximate surface area is 164 Å². The molecule has 0 spiro atoms. The molecule has 0 aliphatic heterocycles. The van der Waals surface area contributed by atoms with Crippen LogP contribution in [0, 0.1) is 0 Å². The molecule has 0 saturated carbocycles. The molecule has 7 heteroatoms. The van der Waals surface area contributed by atoms with Gasteiger partial charge in [0.1, 0.15) is 17.3 Å². The molecule has 0 bridgehead atoms. The average Bonchev–Trinajstić information content (AvgIpc) is 3.05. The summed E-state index contributed by atoms with van der Waals surface area (Å²) in [6, 6.07) is 9.60. The molecule has 0 saturated heterocycles. The van der Waals surface area contributed by atoms with E-state index in [1.165, 1.54) is 11.3 Å². The van der Waals surface area contributed by atoms with Crippen molar-refractivity contribution in [3.8, 4) is 5.75 Å². The first-order valence-corrected chi connectivity index (χ1v) is 9.82.